The predicted molar refractivity (Wildman–Crippen MR) is 227 cm³/mol. The van der Waals surface area contributed by atoms with Crippen molar-refractivity contribution in [3.05, 3.63) is 95.6 Å². The number of rotatable bonds is 18. The van der Waals surface area contributed by atoms with Gasteiger partial charge in [0.05, 0.1) is 12.7 Å². The lowest BCUT2D eigenvalue weighted by molar-refractivity contribution is -0.269. The summed E-state index contributed by atoms with van der Waals surface area (Å²) in [6, 6.07) is 18.8. The molecule has 3 fully saturated rings. The normalized spacial score (nSPS) is 26.1. The van der Waals surface area contributed by atoms with Crippen LogP contribution in [-0.2, 0) is 35.0 Å². The number of aliphatic hydroxyl groups is 1. The molecule has 3 aliphatic rings. The highest BCUT2D eigenvalue weighted by Crippen LogP contribution is 2.45. The highest BCUT2D eigenvalue weighted by molar-refractivity contribution is 5.97. The van der Waals surface area contributed by atoms with Gasteiger partial charge in [0.25, 0.3) is 0 Å². The second-order valence-corrected chi connectivity index (χ2v) is 16.5. The number of carboxylic acid groups (broad SMARTS) is 1. The van der Waals surface area contributed by atoms with E-state index in [0.29, 0.717) is 24.0 Å². The van der Waals surface area contributed by atoms with E-state index in [1.54, 1.807) is 18.2 Å². The van der Waals surface area contributed by atoms with Gasteiger partial charge in [0.2, 0.25) is 0 Å². The molecule has 3 aromatic carbocycles. The Morgan fingerprint density at radius 2 is 1.62 bits per heavy atom. The topological polar surface area (TPSA) is 227 Å². The summed E-state index contributed by atoms with van der Waals surface area (Å²) < 4.78 is 25.0. The number of fused-ring (bicyclic) bond motifs is 1. The molecule has 3 aromatic rings. The first kappa shape index (κ1) is 45.4. The molecular formula is C47H58N2O12. The number of hydrogen-bond donors (Lipinski definition) is 7. The molecule has 328 valence electrons. The summed E-state index contributed by atoms with van der Waals surface area (Å²) in [5, 5.41) is 56.7. The Balaban J connectivity index is 1.29. The molecule has 1 aliphatic heterocycles. The summed E-state index contributed by atoms with van der Waals surface area (Å²) >= 11 is 0. The van der Waals surface area contributed by atoms with Crippen LogP contribution in [0.1, 0.15) is 74.5 Å². The van der Waals surface area contributed by atoms with Crippen molar-refractivity contribution in [1.29, 1.82) is 0 Å². The third-order valence-corrected chi connectivity index (χ3v) is 11.9. The number of phenolic OH excluding ortho intramolecular Hbond substituents is 3. The summed E-state index contributed by atoms with van der Waals surface area (Å²) in [6.45, 7) is 0.0350. The first-order valence-electron chi connectivity index (χ1n) is 21.1. The Morgan fingerprint density at radius 1 is 0.902 bits per heavy atom. The molecule has 8 N–H and O–H groups in total. The molecule has 0 aromatic heterocycles. The molecular weight excluding hydrogens is 785 g/mol. The van der Waals surface area contributed by atoms with E-state index in [4.69, 9.17) is 24.7 Å². The smallest absolute Gasteiger partial charge is 0.336 e. The van der Waals surface area contributed by atoms with E-state index in [1.807, 2.05) is 30.3 Å². The Morgan fingerprint density at radius 3 is 2.33 bits per heavy atom. The highest BCUT2D eigenvalue weighted by atomic mass is 16.6. The maximum atomic E-state index is 14.3. The number of nitrogens with one attached hydrogen (secondary N) is 1. The molecule has 0 bridgehead atoms. The van der Waals surface area contributed by atoms with Crippen LogP contribution in [0.3, 0.4) is 0 Å². The lowest BCUT2D eigenvalue weighted by Gasteiger charge is -2.54. The third-order valence-electron chi connectivity index (χ3n) is 11.9. The van der Waals surface area contributed by atoms with Gasteiger partial charge in [-0.25, -0.2) is 4.79 Å². The number of aryl methyl sites for hydroxylation is 1. The van der Waals surface area contributed by atoms with Gasteiger partial charge in [0.15, 0.2) is 40.2 Å². The van der Waals surface area contributed by atoms with Gasteiger partial charge in [-0.2, -0.15) is 0 Å². The van der Waals surface area contributed by atoms with Crippen LogP contribution >= 0.6 is 0 Å². The van der Waals surface area contributed by atoms with Crippen molar-refractivity contribution < 1.29 is 58.9 Å². The fourth-order valence-corrected chi connectivity index (χ4v) is 8.62. The zero-order valence-electron chi connectivity index (χ0n) is 34.3. The largest absolute Gasteiger partial charge is 0.504 e. The van der Waals surface area contributed by atoms with Gasteiger partial charge >= 0.3 is 5.97 Å². The predicted octanol–water partition coefficient (Wildman–Crippen LogP) is 5.08. The molecule has 14 heteroatoms. The lowest BCUT2D eigenvalue weighted by Crippen LogP contribution is -2.70. The molecule has 6 rings (SSSR count). The zero-order valence-corrected chi connectivity index (χ0v) is 34.3. The number of ketones is 2. The first-order chi connectivity index (χ1) is 29.4. The second kappa shape index (κ2) is 21.1. The molecule has 0 radical (unpaired) electrons. The van der Waals surface area contributed by atoms with Crippen LogP contribution < -0.4 is 15.8 Å². The molecule has 2 saturated carbocycles. The summed E-state index contributed by atoms with van der Waals surface area (Å²) in [5.41, 5.74) is 3.81. The lowest BCUT2D eigenvalue weighted by atomic mass is 9.70. The van der Waals surface area contributed by atoms with Gasteiger partial charge in [0.1, 0.15) is 31.0 Å². The van der Waals surface area contributed by atoms with Crippen LogP contribution in [0.25, 0.3) is 12.2 Å². The fraction of sp³-hybridized carbons (Fsp3) is 0.468. The number of phenols is 3. The van der Waals surface area contributed by atoms with Crippen molar-refractivity contribution in [1.82, 2.24) is 5.32 Å². The summed E-state index contributed by atoms with van der Waals surface area (Å²) in [4.78, 5) is 41.0. The Kier molecular flexibility index (Phi) is 15.7. The number of carboxylic acids is 1. The molecule has 1 heterocycles. The fourth-order valence-electron chi connectivity index (χ4n) is 8.62. The average Bonchev–Trinajstić information content (AvgIpc) is 3.25. The summed E-state index contributed by atoms with van der Waals surface area (Å²) in [6.07, 6.45) is 7.65. The Bertz CT molecular complexity index is 2020. The van der Waals surface area contributed by atoms with Crippen molar-refractivity contribution in [2.24, 2.45) is 11.7 Å². The van der Waals surface area contributed by atoms with Gasteiger partial charge in [0, 0.05) is 32.0 Å². The molecule has 14 nitrogen and oxygen atoms in total. The summed E-state index contributed by atoms with van der Waals surface area (Å²) in [7, 11) is 0. The SMILES string of the molecule is NCCOc1ccc(C=CC(=O)COC2(C(=O)O)CC(O)C3OCC(CCc4ccccc4)CC(C(=O)C=Cc4ccc(O)c(O)c4)OC3(CNC3CCCCC3)C2)cc1O. The quantitative estimate of drug-likeness (QED) is 0.0655. The average molecular weight is 843 g/mol. The summed E-state index contributed by atoms with van der Waals surface area (Å²) in [5.74, 6) is -3.11. The van der Waals surface area contributed by atoms with Crippen molar-refractivity contribution in [3.8, 4) is 23.0 Å². The number of benzene rings is 3. The molecule has 0 spiro atoms. The molecule has 2 aliphatic carbocycles. The first-order valence-corrected chi connectivity index (χ1v) is 21.1. The molecule has 0 amide bonds. The number of carbonyl (C=O) groups is 3. The Hall–Kier alpha value is -5.09. The Labute approximate surface area is 356 Å². The van der Waals surface area contributed by atoms with Crippen molar-refractivity contribution in [2.75, 3.05) is 32.9 Å². The molecule has 61 heavy (non-hydrogen) atoms. The number of aliphatic carboxylic acids is 1. The number of hydrogen-bond acceptors (Lipinski definition) is 13. The van der Waals surface area contributed by atoms with Gasteiger partial charge < -0.3 is 55.5 Å². The number of carbonyl (C=O) groups excluding carboxylic acids is 2. The van der Waals surface area contributed by atoms with Gasteiger partial charge in [-0.3, -0.25) is 9.59 Å². The number of nitrogens with two attached hydrogens (primary N) is 1. The van der Waals surface area contributed by atoms with E-state index in [2.05, 4.69) is 5.32 Å². The minimum atomic E-state index is -2.11. The van der Waals surface area contributed by atoms with Crippen molar-refractivity contribution >= 4 is 29.7 Å². The number of aromatic hydroxyl groups is 3. The van der Waals surface area contributed by atoms with Crippen molar-refractivity contribution in [2.45, 2.75) is 99.8 Å². The maximum absolute atomic E-state index is 14.3. The number of aliphatic hydroxyl groups excluding tert-OH is 1. The molecule has 6 unspecified atom stereocenters. The highest BCUT2D eigenvalue weighted by Gasteiger charge is 2.61. The third kappa shape index (κ3) is 12.1. The van der Waals surface area contributed by atoms with Crippen LogP contribution in [0.2, 0.25) is 0 Å². The minimum Gasteiger partial charge on any atom is -0.504 e. The monoisotopic (exact) mass is 842 g/mol. The van der Waals surface area contributed by atoms with Crippen LogP contribution in [0, 0.1) is 5.92 Å². The molecule has 1 saturated heterocycles. The van der Waals surface area contributed by atoms with Gasteiger partial charge in [-0.05, 0) is 91.1 Å². The molecule has 6 atom stereocenters. The van der Waals surface area contributed by atoms with E-state index in [-0.39, 0.29) is 74.1 Å². The van der Waals surface area contributed by atoms with E-state index >= 15 is 0 Å². The van der Waals surface area contributed by atoms with Crippen LogP contribution in [0.5, 0.6) is 23.0 Å². The van der Waals surface area contributed by atoms with E-state index < -0.39 is 60.1 Å². The van der Waals surface area contributed by atoms with E-state index in [0.717, 1.165) is 37.7 Å². The second-order valence-electron chi connectivity index (χ2n) is 16.5. The van der Waals surface area contributed by atoms with Crippen molar-refractivity contribution in [3.63, 3.8) is 0 Å². The van der Waals surface area contributed by atoms with E-state index in [1.165, 1.54) is 42.5 Å². The van der Waals surface area contributed by atoms with E-state index in [9.17, 15) is 39.9 Å². The van der Waals surface area contributed by atoms with Crippen LogP contribution in [0.4, 0.5) is 0 Å². The minimum absolute atomic E-state index is 0.0358. The van der Waals surface area contributed by atoms with Gasteiger partial charge in [-0.1, -0.05) is 73.9 Å². The van der Waals surface area contributed by atoms with Gasteiger partial charge in [-0.15, -0.1) is 0 Å². The number of ether oxygens (including phenoxy) is 4. The van der Waals surface area contributed by atoms with Crippen LogP contribution in [0.15, 0.2) is 78.9 Å². The maximum Gasteiger partial charge on any atom is 0.336 e. The zero-order chi connectivity index (χ0) is 43.4. The van der Waals surface area contributed by atoms with Crippen LogP contribution in [-0.4, -0.2) is 112 Å². The standard InChI is InChI=1S/C47H58N2O12/c48-21-22-58-42-20-16-32(24-40(42)54)13-17-36(50)28-60-46(45(56)57)26-41(55)44-47(29-46,30-49-35-9-5-2-6-10-35)61-43(38(52)19-15-33-14-18-37(51)39(53)23-33)25-34(27-59-44)12-11-31-7-3-1-4-8-31/h1,3-4,7-8,13-20,23-24,34-35,41,43-44,49,51,53-55H,2,5-6,9-12,21-22,25-30,48H2,(H,56,57).